The fourth-order valence-corrected chi connectivity index (χ4v) is 1.95. The molecular formula is C15H17N3O3. The Morgan fingerprint density at radius 1 is 1.38 bits per heavy atom. The quantitative estimate of drug-likeness (QED) is 0.780. The number of carbonyl (C=O) groups is 2. The second-order valence-electron chi connectivity index (χ2n) is 5.06. The monoisotopic (exact) mass is 287 g/mol. The average molecular weight is 287 g/mol. The summed E-state index contributed by atoms with van der Waals surface area (Å²) in [7, 11) is 0. The third-order valence-corrected chi connectivity index (χ3v) is 3.56. The number of amides is 1. The van der Waals surface area contributed by atoms with Crippen molar-refractivity contribution in [1.82, 2.24) is 4.98 Å². The van der Waals surface area contributed by atoms with E-state index >= 15 is 0 Å². The molecule has 2 rings (SSSR count). The van der Waals surface area contributed by atoms with Gasteiger partial charge in [0.25, 0.3) is 5.91 Å². The second kappa shape index (κ2) is 5.40. The van der Waals surface area contributed by atoms with Crippen LogP contribution in [0.4, 0.5) is 5.82 Å². The van der Waals surface area contributed by atoms with Crippen LogP contribution in [0.2, 0.25) is 0 Å². The van der Waals surface area contributed by atoms with Gasteiger partial charge in [0.15, 0.2) is 0 Å². The number of nitrogens with zero attached hydrogens (tertiary/aromatic N) is 1. The minimum atomic E-state index is -1.22. The Morgan fingerprint density at radius 2 is 2.05 bits per heavy atom. The summed E-state index contributed by atoms with van der Waals surface area (Å²) in [6.07, 6.45) is 0.328. The van der Waals surface area contributed by atoms with Crippen LogP contribution in [0.25, 0.3) is 10.9 Å². The molecule has 0 spiro atoms. The topological polar surface area (TPSA) is 105 Å². The standard InChI is InChI=1S/C15H17N3O3/c1-3-15(2,14(20)21)18-13-10(12(16)19)8-9-6-4-5-7-11(9)17-13/h4-8H,3H2,1-2H3,(H2,16,19)(H,17,18)(H,20,21). The van der Waals surface area contributed by atoms with Crippen molar-refractivity contribution in [3.8, 4) is 0 Å². The van der Waals surface area contributed by atoms with Gasteiger partial charge in [0, 0.05) is 5.39 Å². The number of hydrogen-bond donors (Lipinski definition) is 3. The third-order valence-electron chi connectivity index (χ3n) is 3.56. The van der Waals surface area contributed by atoms with Gasteiger partial charge in [0.05, 0.1) is 11.1 Å². The van der Waals surface area contributed by atoms with Gasteiger partial charge >= 0.3 is 5.97 Å². The Balaban J connectivity index is 2.58. The van der Waals surface area contributed by atoms with Gasteiger partial charge in [-0.3, -0.25) is 4.79 Å². The number of rotatable bonds is 5. The van der Waals surface area contributed by atoms with E-state index in [9.17, 15) is 14.7 Å². The molecule has 1 heterocycles. The van der Waals surface area contributed by atoms with Crippen molar-refractivity contribution >= 4 is 28.6 Å². The lowest BCUT2D eigenvalue weighted by Crippen LogP contribution is -2.43. The molecule has 0 bridgehead atoms. The maximum atomic E-state index is 11.6. The second-order valence-corrected chi connectivity index (χ2v) is 5.06. The summed E-state index contributed by atoms with van der Waals surface area (Å²) in [5, 5.41) is 12.9. The van der Waals surface area contributed by atoms with Crippen LogP contribution in [-0.4, -0.2) is 27.5 Å². The highest BCUT2D eigenvalue weighted by Crippen LogP contribution is 2.24. The highest BCUT2D eigenvalue weighted by molar-refractivity contribution is 6.02. The molecule has 6 heteroatoms. The molecule has 0 aliphatic carbocycles. The molecule has 6 nitrogen and oxygen atoms in total. The molecular weight excluding hydrogens is 270 g/mol. The number of carbonyl (C=O) groups excluding carboxylic acids is 1. The number of aliphatic carboxylic acids is 1. The smallest absolute Gasteiger partial charge is 0.329 e. The molecule has 0 saturated carbocycles. The van der Waals surface area contributed by atoms with E-state index in [2.05, 4.69) is 10.3 Å². The van der Waals surface area contributed by atoms with Gasteiger partial charge in [-0.05, 0) is 25.5 Å². The summed E-state index contributed by atoms with van der Waals surface area (Å²) in [4.78, 5) is 27.3. The lowest BCUT2D eigenvalue weighted by atomic mass is 9.98. The first-order valence-electron chi connectivity index (χ1n) is 6.58. The van der Waals surface area contributed by atoms with Crippen LogP contribution >= 0.6 is 0 Å². The molecule has 0 aliphatic rings. The van der Waals surface area contributed by atoms with Crippen molar-refractivity contribution in [2.45, 2.75) is 25.8 Å². The Bertz CT molecular complexity index is 714. The van der Waals surface area contributed by atoms with E-state index in [-0.39, 0.29) is 11.4 Å². The zero-order valence-electron chi connectivity index (χ0n) is 11.9. The Morgan fingerprint density at radius 3 is 2.62 bits per heavy atom. The number of hydrogen-bond acceptors (Lipinski definition) is 4. The van der Waals surface area contributed by atoms with Crippen LogP contribution < -0.4 is 11.1 Å². The van der Waals surface area contributed by atoms with Crippen molar-refractivity contribution in [2.24, 2.45) is 5.73 Å². The van der Waals surface area contributed by atoms with E-state index in [1.807, 2.05) is 18.2 Å². The largest absolute Gasteiger partial charge is 0.480 e. The summed E-state index contributed by atoms with van der Waals surface area (Å²) in [5.41, 5.74) is 4.99. The first-order chi connectivity index (χ1) is 9.87. The number of fused-ring (bicyclic) bond motifs is 1. The lowest BCUT2D eigenvalue weighted by molar-refractivity contribution is -0.141. The lowest BCUT2D eigenvalue weighted by Gasteiger charge is -2.26. The molecule has 1 atom stereocenters. The molecule has 21 heavy (non-hydrogen) atoms. The molecule has 1 unspecified atom stereocenters. The van der Waals surface area contributed by atoms with Gasteiger partial charge in [-0.2, -0.15) is 0 Å². The van der Waals surface area contributed by atoms with E-state index in [1.165, 1.54) is 6.92 Å². The summed E-state index contributed by atoms with van der Waals surface area (Å²) < 4.78 is 0. The number of benzene rings is 1. The molecule has 1 aromatic heterocycles. The average Bonchev–Trinajstić information content (AvgIpc) is 2.45. The van der Waals surface area contributed by atoms with E-state index in [0.717, 1.165) is 5.39 Å². The van der Waals surface area contributed by atoms with Crippen molar-refractivity contribution < 1.29 is 14.7 Å². The van der Waals surface area contributed by atoms with Gasteiger partial charge < -0.3 is 16.2 Å². The normalized spacial score (nSPS) is 13.6. The minimum absolute atomic E-state index is 0.176. The highest BCUT2D eigenvalue weighted by Gasteiger charge is 2.32. The van der Waals surface area contributed by atoms with E-state index in [0.29, 0.717) is 11.9 Å². The zero-order valence-corrected chi connectivity index (χ0v) is 11.9. The molecule has 0 radical (unpaired) electrons. The summed E-state index contributed by atoms with van der Waals surface area (Å²) in [5.74, 6) is -1.48. The van der Waals surface area contributed by atoms with E-state index in [4.69, 9.17) is 5.73 Å². The van der Waals surface area contributed by atoms with Gasteiger partial charge in [0.2, 0.25) is 0 Å². The SMILES string of the molecule is CCC(C)(Nc1nc2ccccc2cc1C(N)=O)C(=O)O. The first-order valence-corrected chi connectivity index (χ1v) is 6.58. The highest BCUT2D eigenvalue weighted by atomic mass is 16.4. The number of para-hydroxylation sites is 1. The van der Waals surface area contributed by atoms with Gasteiger partial charge in [-0.1, -0.05) is 25.1 Å². The van der Waals surface area contributed by atoms with Crippen molar-refractivity contribution in [1.29, 1.82) is 0 Å². The molecule has 1 amide bonds. The van der Waals surface area contributed by atoms with Crippen molar-refractivity contribution in [3.63, 3.8) is 0 Å². The first kappa shape index (κ1) is 14.8. The van der Waals surface area contributed by atoms with Gasteiger partial charge in [-0.15, -0.1) is 0 Å². The van der Waals surface area contributed by atoms with E-state index in [1.54, 1.807) is 19.1 Å². The van der Waals surface area contributed by atoms with Crippen LogP contribution in [0.5, 0.6) is 0 Å². The number of nitrogens with two attached hydrogens (primary N) is 1. The van der Waals surface area contributed by atoms with Crippen molar-refractivity contribution in [2.75, 3.05) is 5.32 Å². The maximum Gasteiger partial charge on any atom is 0.329 e. The number of anilines is 1. The fourth-order valence-electron chi connectivity index (χ4n) is 1.95. The van der Waals surface area contributed by atoms with Crippen molar-refractivity contribution in [3.05, 3.63) is 35.9 Å². The summed E-state index contributed by atoms with van der Waals surface area (Å²) in [6, 6.07) is 8.86. The number of nitrogens with one attached hydrogen (secondary N) is 1. The molecule has 2 aromatic rings. The predicted octanol–water partition coefficient (Wildman–Crippen LogP) is 2.00. The molecule has 4 N–H and O–H groups in total. The number of pyridine rings is 1. The number of aromatic nitrogens is 1. The molecule has 0 aliphatic heterocycles. The zero-order chi connectivity index (χ0) is 15.6. The third kappa shape index (κ3) is 2.79. The van der Waals surface area contributed by atoms with Crippen LogP contribution in [0.15, 0.2) is 30.3 Å². The Labute approximate surface area is 122 Å². The maximum absolute atomic E-state index is 11.6. The Kier molecular flexibility index (Phi) is 3.80. The van der Waals surface area contributed by atoms with Crippen LogP contribution in [0.3, 0.4) is 0 Å². The predicted molar refractivity (Wildman–Crippen MR) is 80.2 cm³/mol. The molecule has 110 valence electrons. The molecule has 1 aromatic carbocycles. The number of carboxylic acid groups (broad SMARTS) is 1. The molecule has 0 fully saturated rings. The minimum Gasteiger partial charge on any atom is -0.480 e. The number of carboxylic acids is 1. The molecule has 0 saturated heterocycles. The van der Waals surface area contributed by atoms with Crippen LogP contribution in [-0.2, 0) is 4.79 Å². The number of primary amides is 1. The fraction of sp³-hybridized carbons (Fsp3) is 0.267. The summed E-state index contributed by atoms with van der Waals surface area (Å²) >= 11 is 0. The van der Waals surface area contributed by atoms with Gasteiger partial charge in [-0.25, -0.2) is 9.78 Å². The van der Waals surface area contributed by atoms with Gasteiger partial charge in [0.1, 0.15) is 11.4 Å². The Hall–Kier alpha value is -2.63. The van der Waals surface area contributed by atoms with E-state index < -0.39 is 17.4 Å². The van der Waals surface area contributed by atoms with Crippen LogP contribution in [0, 0.1) is 0 Å². The summed E-state index contributed by atoms with van der Waals surface area (Å²) in [6.45, 7) is 3.28. The van der Waals surface area contributed by atoms with Crippen LogP contribution in [0.1, 0.15) is 30.6 Å².